The molecule has 0 aliphatic carbocycles. The fourth-order valence-corrected chi connectivity index (χ4v) is 1.82. The van der Waals surface area contributed by atoms with Gasteiger partial charge in [0.15, 0.2) is 5.82 Å². The summed E-state index contributed by atoms with van der Waals surface area (Å²) in [5.74, 6) is 0.245. The van der Waals surface area contributed by atoms with Crippen molar-refractivity contribution >= 4 is 33.4 Å². The van der Waals surface area contributed by atoms with Crippen LogP contribution in [0.2, 0.25) is 0 Å². The highest BCUT2D eigenvalue weighted by molar-refractivity contribution is 9.10. The van der Waals surface area contributed by atoms with E-state index < -0.39 is 0 Å². The van der Waals surface area contributed by atoms with Crippen molar-refractivity contribution in [1.82, 2.24) is 4.98 Å². The second-order valence-corrected chi connectivity index (χ2v) is 3.91. The summed E-state index contributed by atoms with van der Waals surface area (Å²) in [4.78, 5) is 19.6. The van der Waals surface area contributed by atoms with Gasteiger partial charge in [0.05, 0.1) is 6.61 Å². The third-order valence-corrected chi connectivity index (χ3v) is 2.81. The first-order valence-electron chi connectivity index (χ1n) is 4.60. The van der Waals surface area contributed by atoms with Gasteiger partial charge < -0.3 is 4.74 Å². The molecule has 0 fully saturated rings. The Balaban J connectivity index is 2.25. The maximum Gasteiger partial charge on any atom is 0.353 e. The van der Waals surface area contributed by atoms with Crippen LogP contribution in [0.4, 0.5) is 5.82 Å². The molecule has 0 saturated heterocycles. The summed E-state index contributed by atoms with van der Waals surface area (Å²) in [6.45, 7) is 2.14. The molecule has 2 rings (SSSR count). The highest BCUT2D eigenvalue weighted by Crippen LogP contribution is 2.30. The largest absolute Gasteiger partial charge is 0.461 e. The summed E-state index contributed by atoms with van der Waals surface area (Å²) in [5.41, 5.74) is 1.37. The number of esters is 1. The van der Waals surface area contributed by atoms with Gasteiger partial charge in [0.25, 0.3) is 0 Å². The lowest BCUT2D eigenvalue weighted by Crippen LogP contribution is -2.17. The third-order valence-electron chi connectivity index (χ3n) is 2.07. The first-order chi connectivity index (χ1) is 7.22. The van der Waals surface area contributed by atoms with Crippen LogP contribution in [0.25, 0.3) is 0 Å². The minimum Gasteiger partial charge on any atom is -0.461 e. The first-order valence-corrected chi connectivity index (χ1v) is 5.39. The number of pyridine rings is 1. The Bertz CT molecular complexity index is 443. The van der Waals surface area contributed by atoms with E-state index in [1.54, 1.807) is 13.1 Å². The molecule has 0 atom stereocenters. The molecule has 15 heavy (non-hydrogen) atoms. The SMILES string of the molecule is CCOC(=O)C1=Nc2nccc(Br)c2C1. The quantitative estimate of drug-likeness (QED) is 0.772. The number of halogens is 1. The summed E-state index contributed by atoms with van der Waals surface area (Å²) in [7, 11) is 0. The van der Waals surface area contributed by atoms with Crippen molar-refractivity contribution in [2.24, 2.45) is 4.99 Å². The molecule has 1 aliphatic rings. The van der Waals surface area contributed by atoms with Crippen molar-refractivity contribution in [1.29, 1.82) is 0 Å². The lowest BCUT2D eigenvalue weighted by Gasteiger charge is -2.00. The molecule has 2 heterocycles. The number of nitrogens with zero attached hydrogens (tertiary/aromatic N) is 2. The molecule has 0 radical (unpaired) electrons. The Morgan fingerprint density at radius 2 is 2.47 bits per heavy atom. The molecular formula is C10H9BrN2O2. The predicted molar refractivity (Wildman–Crippen MR) is 59.4 cm³/mol. The summed E-state index contributed by atoms with van der Waals surface area (Å²) >= 11 is 3.40. The van der Waals surface area contributed by atoms with E-state index in [9.17, 15) is 4.79 Å². The van der Waals surface area contributed by atoms with Gasteiger partial charge in [0.1, 0.15) is 5.71 Å². The van der Waals surface area contributed by atoms with E-state index >= 15 is 0 Å². The van der Waals surface area contributed by atoms with Crippen LogP contribution < -0.4 is 0 Å². The predicted octanol–water partition coefficient (Wildman–Crippen LogP) is 2.04. The van der Waals surface area contributed by atoms with E-state index in [4.69, 9.17) is 4.74 Å². The highest BCUT2D eigenvalue weighted by atomic mass is 79.9. The van der Waals surface area contributed by atoms with Gasteiger partial charge in [-0.05, 0) is 13.0 Å². The van der Waals surface area contributed by atoms with Gasteiger partial charge in [0, 0.05) is 22.7 Å². The summed E-state index contributed by atoms with van der Waals surface area (Å²) in [6, 6.07) is 1.84. The first kappa shape index (κ1) is 10.3. The number of carbonyl (C=O) groups is 1. The number of aliphatic imine (C=N–C) groups is 1. The molecule has 0 amide bonds. The smallest absolute Gasteiger partial charge is 0.353 e. The molecule has 78 valence electrons. The lowest BCUT2D eigenvalue weighted by molar-refractivity contribution is -0.135. The van der Waals surface area contributed by atoms with Gasteiger partial charge in [-0.15, -0.1) is 0 Å². The third kappa shape index (κ3) is 1.92. The van der Waals surface area contributed by atoms with Crippen molar-refractivity contribution in [3.05, 3.63) is 22.3 Å². The number of ether oxygens (including phenoxy) is 1. The zero-order valence-corrected chi connectivity index (χ0v) is 9.74. The fourth-order valence-electron chi connectivity index (χ4n) is 1.39. The fraction of sp³-hybridized carbons (Fsp3) is 0.300. The minimum absolute atomic E-state index is 0.359. The molecule has 0 N–H and O–H groups in total. The average molecular weight is 269 g/mol. The van der Waals surface area contributed by atoms with Gasteiger partial charge in [-0.2, -0.15) is 0 Å². The van der Waals surface area contributed by atoms with Crippen LogP contribution in [0.5, 0.6) is 0 Å². The molecule has 5 heteroatoms. The maximum atomic E-state index is 11.4. The second-order valence-electron chi connectivity index (χ2n) is 3.05. The number of rotatable bonds is 2. The standard InChI is InChI=1S/C10H9BrN2O2/c1-2-15-10(14)8-5-6-7(11)3-4-12-9(6)13-8/h3-4H,2,5H2,1H3. The van der Waals surface area contributed by atoms with Crippen LogP contribution >= 0.6 is 15.9 Å². The summed E-state index contributed by atoms with van der Waals surface area (Å²) < 4.78 is 5.81. The number of aromatic nitrogens is 1. The number of fused-ring (bicyclic) bond motifs is 1. The lowest BCUT2D eigenvalue weighted by atomic mass is 10.2. The van der Waals surface area contributed by atoms with E-state index in [-0.39, 0.29) is 5.97 Å². The van der Waals surface area contributed by atoms with Crippen LogP contribution in [0, 0.1) is 0 Å². The topological polar surface area (TPSA) is 51.5 Å². The van der Waals surface area contributed by atoms with E-state index in [2.05, 4.69) is 25.9 Å². The van der Waals surface area contributed by atoms with E-state index in [0.717, 1.165) is 10.0 Å². The molecular weight excluding hydrogens is 260 g/mol. The van der Waals surface area contributed by atoms with Crippen LogP contribution in [0.15, 0.2) is 21.7 Å². The molecule has 1 aromatic rings. The van der Waals surface area contributed by atoms with E-state index in [1.807, 2.05) is 6.07 Å². The van der Waals surface area contributed by atoms with Crippen LogP contribution in [0.1, 0.15) is 12.5 Å². The molecule has 1 aliphatic heterocycles. The molecule has 0 saturated carbocycles. The van der Waals surface area contributed by atoms with Gasteiger partial charge >= 0.3 is 5.97 Å². The zero-order valence-electron chi connectivity index (χ0n) is 8.16. The number of carbonyl (C=O) groups excluding carboxylic acids is 1. The van der Waals surface area contributed by atoms with Crippen molar-refractivity contribution < 1.29 is 9.53 Å². The second kappa shape index (κ2) is 4.10. The normalized spacial score (nSPS) is 13.3. The zero-order chi connectivity index (χ0) is 10.8. The Kier molecular flexibility index (Phi) is 2.81. The monoisotopic (exact) mass is 268 g/mol. The van der Waals surface area contributed by atoms with Crippen LogP contribution in [0.3, 0.4) is 0 Å². The Labute approximate surface area is 95.5 Å². The Morgan fingerprint density at radius 1 is 1.67 bits per heavy atom. The molecule has 0 unspecified atom stereocenters. The number of hydrogen-bond acceptors (Lipinski definition) is 4. The van der Waals surface area contributed by atoms with Crippen LogP contribution in [-0.2, 0) is 16.0 Å². The maximum absolute atomic E-state index is 11.4. The van der Waals surface area contributed by atoms with E-state index in [0.29, 0.717) is 24.6 Å². The molecule has 0 bridgehead atoms. The number of hydrogen-bond donors (Lipinski definition) is 0. The van der Waals surface area contributed by atoms with Gasteiger partial charge in [-0.3, -0.25) is 0 Å². The Morgan fingerprint density at radius 3 is 3.13 bits per heavy atom. The molecule has 4 nitrogen and oxygen atoms in total. The molecule has 0 aromatic carbocycles. The molecule has 1 aromatic heterocycles. The van der Waals surface area contributed by atoms with Crippen LogP contribution in [-0.4, -0.2) is 23.3 Å². The average Bonchev–Trinajstić information content (AvgIpc) is 2.63. The Hall–Kier alpha value is -1.23. The highest BCUT2D eigenvalue weighted by Gasteiger charge is 2.23. The van der Waals surface area contributed by atoms with Gasteiger partial charge in [0.2, 0.25) is 0 Å². The van der Waals surface area contributed by atoms with E-state index in [1.165, 1.54) is 0 Å². The van der Waals surface area contributed by atoms with Gasteiger partial charge in [-0.25, -0.2) is 14.8 Å². The van der Waals surface area contributed by atoms with Gasteiger partial charge in [-0.1, -0.05) is 15.9 Å². The molecule has 0 spiro atoms. The van der Waals surface area contributed by atoms with Crippen molar-refractivity contribution in [2.75, 3.05) is 6.61 Å². The van der Waals surface area contributed by atoms with Crippen molar-refractivity contribution in [3.8, 4) is 0 Å². The minimum atomic E-state index is -0.359. The van der Waals surface area contributed by atoms with Crippen molar-refractivity contribution in [2.45, 2.75) is 13.3 Å². The van der Waals surface area contributed by atoms with Crippen molar-refractivity contribution in [3.63, 3.8) is 0 Å². The summed E-state index contributed by atoms with van der Waals surface area (Å²) in [6.07, 6.45) is 2.14. The summed E-state index contributed by atoms with van der Waals surface area (Å²) in [5, 5.41) is 0.